The van der Waals surface area contributed by atoms with Gasteiger partial charge in [-0.05, 0) is 37.5 Å². The largest absolute Gasteiger partial charge is 0.510 e. The summed E-state index contributed by atoms with van der Waals surface area (Å²) in [6.07, 6.45) is 0.722. The number of unbranched alkanes of at least 4 members (excludes halogenated alkanes) is 1. The third-order valence-electron chi connectivity index (χ3n) is 4.90. The Kier molecular flexibility index (Phi) is 12.1. The number of aliphatic carboxylic acids is 1. The molecular formula is C24H35NO9. The maximum absolute atomic E-state index is 12.4. The van der Waals surface area contributed by atoms with Crippen molar-refractivity contribution in [3.05, 3.63) is 23.8 Å². The van der Waals surface area contributed by atoms with E-state index in [0.717, 1.165) is 6.42 Å². The molecular weight excluding hydrogens is 446 g/mol. The van der Waals surface area contributed by atoms with E-state index in [9.17, 15) is 24.3 Å². The molecule has 1 unspecified atom stereocenters. The van der Waals surface area contributed by atoms with Crippen LogP contribution in [0.4, 0.5) is 4.79 Å². The van der Waals surface area contributed by atoms with Gasteiger partial charge < -0.3 is 24.1 Å². The normalized spacial score (nSPS) is 13.3. The minimum absolute atomic E-state index is 0.0214. The van der Waals surface area contributed by atoms with Crippen molar-refractivity contribution in [2.45, 2.75) is 84.9 Å². The summed E-state index contributed by atoms with van der Waals surface area (Å²) in [4.78, 5) is 48.3. The lowest BCUT2D eigenvalue weighted by atomic mass is 10.00. The third kappa shape index (κ3) is 9.01. The highest BCUT2D eigenvalue weighted by molar-refractivity contribution is 5.81. The number of nitrogens with one attached hydrogen (secondary N) is 1. The van der Waals surface area contributed by atoms with Crippen molar-refractivity contribution in [1.29, 1.82) is 0 Å². The summed E-state index contributed by atoms with van der Waals surface area (Å²) in [6.45, 7) is 8.85. The molecule has 10 heteroatoms. The Morgan fingerprint density at radius 2 is 1.62 bits per heavy atom. The number of carboxylic acids is 1. The Hall–Kier alpha value is -3.14. The summed E-state index contributed by atoms with van der Waals surface area (Å²) in [7, 11) is 0. The van der Waals surface area contributed by atoms with Crippen molar-refractivity contribution in [2.24, 2.45) is 0 Å². The number of carboxylic acid groups (broad SMARTS) is 1. The number of hydrogen-bond acceptors (Lipinski definition) is 9. The summed E-state index contributed by atoms with van der Waals surface area (Å²) >= 11 is 0. The molecule has 0 bridgehead atoms. The van der Waals surface area contributed by atoms with E-state index in [4.69, 9.17) is 18.9 Å². The lowest BCUT2D eigenvalue weighted by Gasteiger charge is -2.32. The van der Waals surface area contributed by atoms with Crippen LogP contribution in [0, 0.1) is 0 Å². The number of carbonyl (C=O) groups is 4. The monoisotopic (exact) mass is 481 g/mol. The Labute approximate surface area is 199 Å². The van der Waals surface area contributed by atoms with Crippen LogP contribution in [0.3, 0.4) is 0 Å². The molecule has 190 valence electrons. The molecule has 2 N–H and O–H groups in total. The van der Waals surface area contributed by atoms with E-state index in [1.54, 1.807) is 20.8 Å². The first-order valence-corrected chi connectivity index (χ1v) is 11.5. The molecule has 10 nitrogen and oxygen atoms in total. The number of hydrogen-bond donors (Lipinski definition) is 2. The Bertz CT molecular complexity index is 855. The highest BCUT2D eigenvalue weighted by Crippen LogP contribution is 2.31. The molecule has 0 aliphatic carbocycles. The van der Waals surface area contributed by atoms with Gasteiger partial charge in [-0.1, -0.05) is 40.2 Å². The average Bonchev–Trinajstić information content (AvgIpc) is 2.80. The molecule has 2 atom stereocenters. The molecule has 0 aliphatic heterocycles. The summed E-state index contributed by atoms with van der Waals surface area (Å²) in [6, 6.07) is 3.97. The van der Waals surface area contributed by atoms with Crippen molar-refractivity contribution in [3.8, 4) is 11.5 Å². The van der Waals surface area contributed by atoms with E-state index in [1.165, 1.54) is 18.2 Å². The van der Waals surface area contributed by atoms with Crippen LogP contribution in [-0.4, -0.2) is 47.5 Å². The zero-order valence-corrected chi connectivity index (χ0v) is 20.5. The number of carbonyl (C=O) groups excluding carboxylic acids is 3. The van der Waals surface area contributed by atoms with E-state index in [1.807, 2.05) is 13.8 Å². The Morgan fingerprint density at radius 1 is 1.00 bits per heavy atom. The minimum atomic E-state index is -2.15. The van der Waals surface area contributed by atoms with Gasteiger partial charge in [-0.25, -0.2) is 9.59 Å². The van der Waals surface area contributed by atoms with Gasteiger partial charge in [0.25, 0.3) is 5.72 Å². The summed E-state index contributed by atoms with van der Waals surface area (Å²) in [5, 5.41) is 12.9. The molecule has 0 fully saturated rings. The van der Waals surface area contributed by atoms with Gasteiger partial charge in [-0.3, -0.25) is 14.9 Å². The van der Waals surface area contributed by atoms with E-state index < -0.39 is 29.8 Å². The van der Waals surface area contributed by atoms with Crippen LogP contribution in [-0.2, 0) is 30.3 Å². The second-order valence-electron chi connectivity index (χ2n) is 7.75. The van der Waals surface area contributed by atoms with Crippen molar-refractivity contribution in [2.75, 3.05) is 6.61 Å². The third-order valence-corrected chi connectivity index (χ3v) is 4.90. The van der Waals surface area contributed by atoms with Gasteiger partial charge in [-0.15, -0.1) is 0 Å². The number of rotatable bonds is 14. The van der Waals surface area contributed by atoms with Crippen molar-refractivity contribution in [1.82, 2.24) is 5.32 Å². The predicted molar refractivity (Wildman–Crippen MR) is 123 cm³/mol. The molecule has 0 saturated heterocycles. The van der Waals surface area contributed by atoms with Gasteiger partial charge in [0.2, 0.25) is 0 Å². The van der Waals surface area contributed by atoms with Crippen LogP contribution in [0.1, 0.15) is 72.3 Å². The Morgan fingerprint density at radius 3 is 2.15 bits per heavy atom. The van der Waals surface area contributed by atoms with Gasteiger partial charge in [0.1, 0.15) is 0 Å². The number of benzene rings is 1. The van der Waals surface area contributed by atoms with Crippen LogP contribution < -0.4 is 14.8 Å². The topological polar surface area (TPSA) is 137 Å². The fourth-order valence-electron chi connectivity index (χ4n) is 2.77. The van der Waals surface area contributed by atoms with Gasteiger partial charge >= 0.3 is 24.1 Å². The Balaban J connectivity index is 3.35. The summed E-state index contributed by atoms with van der Waals surface area (Å²) in [5.74, 6) is -2.54. The number of ether oxygens (including phenoxy) is 4. The SMILES string of the molecule is CCCCOC(=O)O[C@](Cc1ccc(OC(=O)CC)c(OC(=O)CC)c1)(NC(C)CC)C(=O)O. The smallest absolute Gasteiger partial charge is 0.477 e. The maximum atomic E-state index is 12.4. The second kappa shape index (κ2) is 14.2. The first-order chi connectivity index (χ1) is 16.1. The summed E-state index contributed by atoms with van der Waals surface area (Å²) < 4.78 is 20.8. The standard InChI is InChI=1S/C24H35NO9/c1-6-10-13-31-23(30)34-24(22(28)29,25-16(5)7-2)15-17-11-12-18(32-20(26)8-3)19(14-17)33-21(27)9-4/h11-12,14,16,25H,6-10,13,15H2,1-5H3,(H,28,29)/t16?,24-/m0/s1. The first-order valence-electron chi connectivity index (χ1n) is 11.5. The van der Waals surface area contributed by atoms with Crippen molar-refractivity contribution >= 4 is 24.1 Å². The fraction of sp³-hybridized carbons (Fsp3) is 0.583. The van der Waals surface area contributed by atoms with Crippen LogP contribution in [0.2, 0.25) is 0 Å². The molecule has 0 amide bonds. The van der Waals surface area contributed by atoms with Gasteiger partial charge in [0.05, 0.1) is 6.61 Å². The van der Waals surface area contributed by atoms with E-state index in [2.05, 4.69) is 5.32 Å². The maximum Gasteiger partial charge on any atom is 0.510 e. The average molecular weight is 482 g/mol. The number of esters is 2. The first kappa shape index (κ1) is 28.9. The van der Waals surface area contributed by atoms with Gasteiger partial charge in [0.15, 0.2) is 11.5 Å². The highest BCUT2D eigenvalue weighted by Gasteiger charge is 2.44. The van der Waals surface area contributed by atoms with Crippen molar-refractivity contribution < 1.29 is 43.2 Å². The molecule has 0 saturated carbocycles. The predicted octanol–water partition coefficient (Wildman–Crippen LogP) is 3.98. The highest BCUT2D eigenvalue weighted by atomic mass is 16.7. The molecule has 1 aromatic rings. The zero-order valence-electron chi connectivity index (χ0n) is 20.5. The molecule has 0 aromatic heterocycles. The lowest BCUT2D eigenvalue weighted by Crippen LogP contribution is -2.59. The van der Waals surface area contributed by atoms with Crippen molar-refractivity contribution in [3.63, 3.8) is 0 Å². The molecule has 34 heavy (non-hydrogen) atoms. The fourth-order valence-corrected chi connectivity index (χ4v) is 2.77. The molecule has 0 aliphatic rings. The molecule has 0 spiro atoms. The second-order valence-corrected chi connectivity index (χ2v) is 7.75. The summed E-state index contributed by atoms with van der Waals surface area (Å²) in [5.41, 5.74) is -1.79. The molecule has 0 radical (unpaired) electrons. The van der Waals surface area contributed by atoms with Crippen LogP contribution in [0.15, 0.2) is 18.2 Å². The molecule has 0 heterocycles. The van der Waals surface area contributed by atoms with Crippen LogP contribution in [0.5, 0.6) is 11.5 Å². The van der Waals surface area contributed by atoms with E-state index in [-0.39, 0.29) is 43.4 Å². The lowest BCUT2D eigenvalue weighted by molar-refractivity contribution is -0.167. The van der Waals surface area contributed by atoms with E-state index in [0.29, 0.717) is 18.4 Å². The van der Waals surface area contributed by atoms with Gasteiger partial charge in [0, 0.05) is 25.3 Å². The van der Waals surface area contributed by atoms with E-state index >= 15 is 0 Å². The minimum Gasteiger partial charge on any atom is -0.477 e. The van der Waals surface area contributed by atoms with Gasteiger partial charge in [-0.2, -0.15) is 0 Å². The zero-order chi connectivity index (χ0) is 25.7. The van der Waals surface area contributed by atoms with Crippen LogP contribution >= 0.6 is 0 Å². The molecule has 1 aromatic carbocycles. The quantitative estimate of drug-likeness (QED) is 0.174. The van der Waals surface area contributed by atoms with Crippen LogP contribution in [0.25, 0.3) is 0 Å². The molecule has 1 rings (SSSR count).